The Balaban J connectivity index is 2.06. The highest BCUT2D eigenvalue weighted by molar-refractivity contribution is 9.10. The van der Waals surface area contributed by atoms with E-state index >= 15 is 0 Å². The van der Waals surface area contributed by atoms with Crippen molar-refractivity contribution in [3.8, 4) is 0 Å². The van der Waals surface area contributed by atoms with Gasteiger partial charge in [-0.25, -0.2) is 0 Å². The van der Waals surface area contributed by atoms with Crippen LogP contribution < -0.4 is 5.73 Å². The molecule has 1 aliphatic rings. The highest BCUT2D eigenvalue weighted by Crippen LogP contribution is 2.43. The Morgan fingerprint density at radius 2 is 1.96 bits per heavy atom. The van der Waals surface area contributed by atoms with Crippen LogP contribution in [0.25, 0.3) is 5.57 Å². The molecule has 1 aliphatic heterocycles. The molecule has 3 rings (SSSR count). The molecule has 3 nitrogen and oxygen atoms in total. The monoisotopic (exact) mass is 403 g/mol. The second-order valence-corrected chi connectivity index (χ2v) is 6.55. The molecule has 2 N–H and O–H groups in total. The molecule has 2 aromatic rings. The molecule has 0 spiro atoms. The number of ether oxygens (including phenoxy) is 1. The van der Waals surface area contributed by atoms with Gasteiger partial charge in [0.05, 0.1) is 16.0 Å². The zero-order valence-electron chi connectivity index (χ0n) is 11.4. The third-order valence-corrected chi connectivity index (χ3v) is 5.12. The van der Waals surface area contributed by atoms with Crippen molar-refractivity contribution in [2.45, 2.75) is 12.3 Å². The topological polar surface area (TPSA) is 52.3 Å². The second-order valence-electron chi connectivity index (χ2n) is 4.78. The van der Waals surface area contributed by atoms with Gasteiger partial charge in [-0.1, -0.05) is 18.2 Å². The van der Waals surface area contributed by atoms with Crippen LogP contribution in [0.15, 0.2) is 46.1 Å². The van der Waals surface area contributed by atoms with Gasteiger partial charge in [-0.3, -0.25) is 4.79 Å². The predicted octanol–water partition coefficient (Wildman–Crippen LogP) is 4.50. The van der Waals surface area contributed by atoms with E-state index in [2.05, 4.69) is 15.9 Å². The van der Waals surface area contributed by atoms with E-state index in [9.17, 15) is 18.0 Å². The number of Topliss-reactive ketones (excluding diaryl/α,β-unsaturated/α-hetero) is 1. The lowest BCUT2D eigenvalue weighted by Gasteiger charge is -2.12. The van der Waals surface area contributed by atoms with Crippen LogP contribution in [0.2, 0.25) is 0 Å². The molecule has 120 valence electrons. The van der Waals surface area contributed by atoms with Crippen molar-refractivity contribution in [2.24, 2.45) is 5.73 Å². The van der Waals surface area contributed by atoms with Crippen LogP contribution in [0.3, 0.4) is 0 Å². The minimum atomic E-state index is -4.54. The number of nitrogens with two attached hydrogens (primary N) is 1. The third-order valence-electron chi connectivity index (χ3n) is 3.35. The molecule has 0 saturated carbocycles. The van der Waals surface area contributed by atoms with E-state index in [4.69, 9.17) is 10.5 Å². The van der Waals surface area contributed by atoms with Crippen LogP contribution >= 0.6 is 27.3 Å². The van der Waals surface area contributed by atoms with Gasteiger partial charge in [-0.05, 0) is 33.4 Å². The first-order valence-corrected chi connectivity index (χ1v) is 8.08. The van der Waals surface area contributed by atoms with Crippen LogP contribution in [0.4, 0.5) is 13.2 Å². The summed E-state index contributed by atoms with van der Waals surface area (Å²) < 4.78 is 44.2. The number of hydrogen-bond acceptors (Lipinski definition) is 4. The molecule has 1 aromatic carbocycles. The molecule has 0 fully saturated rings. The molecule has 0 aliphatic carbocycles. The zero-order valence-corrected chi connectivity index (χ0v) is 13.8. The number of benzene rings is 1. The molecule has 1 aromatic heterocycles. The number of carbonyl (C=O) groups excluding carboxylic acids is 1. The lowest BCUT2D eigenvalue weighted by molar-refractivity contribution is -0.138. The largest absolute Gasteiger partial charge is 0.461 e. The van der Waals surface area contributed by atoms with E-state index in [0.29, 0.717) is 4.88 Å². The van der Waals surface area contributed by atoms with Crippen molar-refractivity contribution in [2.75, 3.05) is 0 Å². The Kier molecular flexibility index (Phi) is 3.97. The SMILES string of the molecule is NC1=C(c2cccc(C(F)(F)F)c2Br)C(=O)C(c2cccs2)O1. The van der Waals surface area contributed by atoms with E-state index in [-0.39, 0.29) is 21.5 Å². The lowest BCUT2D eigenvalue weighted by atomic mass is 9.98. The first-order valence-electron chi connectivity index (χ1n) is 6.41. The molecule has 8 heteroatoms. The Morgan fingerprint density at radius 3 is 2.57 bits per heavy atom. The lowest BCUT2D eigenvalue weighted by Crippen LogP contribution is -2.11. The molecule has 1 atom stereocenters. The number of ketones is 1. The van der Waals surface area contributed by atoms with Gasteiger partial charge in [-0.15, -0.1) is 11.3 Å². The number of halogens is 4. The molecule has 0 radical (unpaired) electrons. The summed E-state index contributed by atoms with van der Waals surface area (Å²) in [6.07, 6.45) is -5.45. The minimum Gasteiger partial charge on any atom is -0.461 e. The van der Waals surface area contributed by atoms with E-state index < -0.39 is 23.6 Å². The number of alkyl halides is 3. The van der Waals surface area contributed by atoms with Crippen molar-refractivity contribution in [1.82, 2.24) is 0 Å². The average Bonchev–Trinajstić information content (AvgIpc) is 3.07. The summed E-state index contributed by atoms with van der Waals surface area (Å²) in [5, 5.41) is 1.78. The Morgan fingerprint density at radius 1 is 1.22 bits per heavy atom. The average molecular weight is 404 g/mol. The van der Waals surface area contributed by atoms with Gasteiger partial charge < -0.3 is 10.5 Å². The maximum atomic E-state index is 13.0. The molecule has 2 heterocycles. The number of rotatable bonds is 2. The molecule has 0 amide bonds. The zero-order chi connectivity index (χ0) is 16.8. The fourth-order valence-electron chi connectivity index (χ4n) is 2.33. The maximum absolute atomic E-state index is 13.0. The van der Waals surface area contributed by atoms with Crippen molar-refractivity contribution in [3.63, 3.8) is 0 Å². The van der Waals surface area contributed by atoms with Crippen molar-refractivity contribution < 1.29 is 22.7 Å². The molecule has 1 unspecified atom stereocenters. The van der Waals surface area contributed by atoms with E-state index in [0.717, 1.165) is 6.07 Å². The number of thiophene rings is 1. The van der Waals surface area contributed by atoms with Gasteiger partial charge in [0.2, 0.25) is 5.78 Å². The normalized spacial score (nSPS) is 18.4. The van der Waals surface area contributed by atoms with Crippen molar-refractivity contribution in [1.29, 1.82) is 0 Å². The van der Waals surface area contributed by atoms with E-state index in [1.54, 1.807) is 17.5 Å². The summed E-state index contributed by atoms with van der Waals surface area (Å²) in [7, 11) is 0. The Bertz CT molecular complexity index is 800. The molecular formula is C15H9BrF3NO2S. The second kappa shape index (κ2) is 5.68. The number of carbonyl (C=O) groups is 1. The van der Waals surface area contributed by atoms with Crippen molar-refractivity contribution in [3.05, 3.63) is 62.1 Å². The summed E-state index contributed by atoms with van der Waals surface area (Å²) in [6.45, 7) is 0. The summed E-state index contributed by atoms with van der Waals surface area (Å²) >= 11 is 4.25. The smallest absolute Gasteiger partial charge is 0.417 e. The van der Waals surface area contributed by atoms with Gasteiger partial charge >= 0.3 is 6.18 Å². The van der Waals surface area contributed by atoms with Crippen molar-refractivity contribution >= 4 is 38.6 Å². The standard InChI is InChI=1S/C15H9BrF3NO2S/c16-11-7(3-1-4-8(11)15(17,18)19)10-12(21)13(22-14(10)20)9-5-2-6-23-9/h1-6,13H,20H2. The fourth-order valence-corrected chi connectivity index (χ4v) is 3.77. The number of hydrogen-bond donors (Lipinski definition) is 1. The van der Waals surface area contributed by atoms with Gasteiger partial charge in [-0.2, -0.15) is 13.2 Å². The van der Waals surface area contributed by atoms with E-state index in [1.165, 1.54) is 23.5 Å². The van der Waals surface area contributed by atoms with Gasteiger partial charge in [0, 0.05) is 10.0 Å². The van der Waals surface area contributed by atoms with Crippen LogP contribution in [-0.2, 0) is 15.7 Å². The van der Waals surface area contributed by atoms with Gasteiger partial charge in [0.1, 0.15) is 0 Å². The molecular weight excluding hydrogens is 395 g/mol. The van der Waals surface area contributed by atoms with E-state index in [1.807, 2.05) is 0 Å². The highest BCUT2D eigenvalue weighted by atomic mass is 79.9. The quantitative estimate of drug-likeness (QED) is 0.802. The van der Waals surface area contributed by atoms with Crippen LogP contribution in [0.1, 0.15) is 22.1 Å². The third kappa shape index (κ3) is 2.76. The first-order chi connectivity index (χ1) is 10.8. The predicted molar refractivity (Wildman–Crippen MR) is 83.4 cm³/mol. The Hall–Kier alpha value is -1.80. The molecule has 0 saturated heterocycles. The fraction of sp³-hybridized carbons (Fsp3) is 0.133. The van der Waals surface area contributed by atoms with Crippen LogP contribution in [0, 0.1) is 0 Å². The van der Waals surface area contributed by atoms with Gasteiger partial charge in [0.15, 0.2) is 12.0 Å². The van der Waals surface area contributed by atoms with Crippen LogP contribution in [0.5, 0.6) is 0 Å². The van der Waals surface area contributed by atoms with Gasteiger partial charge in [0.25, 0.3) is 0 Å². The minimum absolute atomic E-state index is 0.0404. The Labute approximate surface area is 141 Å². The summed E-state index contributed by atoms with van der Waals surface area (Å²) in [5.41, 5.74) is 4.92. The summed E-state index contributed by atoms with van der Waals surface area (Å²) in [5.74, 6) is -0.626. The molecule has 23 heavy (non-hydrogen) atoms. The first kappa shape index (κ1) is 16.1. The molecule has 0 bridgehead atoms. The van der Waals surface area contributed by atoms with Crippen LogP contribution in [-0.4, -0.2) is 5.78 Å². The summed E-state index contributed by atoms with van der Waals surface area (Å²) in [6, 6.07) is 7.03. The maximum Gasteiger partial charge on any atom is 0.417 e. The highest BCUT2D eigenvalue weighted by Gasteiger charge is 2.40. The summed E-state index contributed by atoms with van der Waals surface area (Å²) in [4.78, 5) is 13.2.